The largest absolute Gasteiger partial charge is 0.396 e. The third-order valence-electron chi connectivity index (χ3n) is 3.73. The summed E-state index contributed by atoms with van der Waals surface area (Å²) in [4.78, 5) is 13.9. The summed E-state index contributed by atoms with van der Waals surface area (Å²) in [5.74, 6) is 0.590. The maximum atomic E-state index is 11.8. The summed E-state index contributed by atoms with van der Waals surface area (Å²) < 4.78 is 0. The lowest BCUT2D eigenvalue weighted by molar-refractivity contribution is -0.123. The first-order valence-electron chi connectivity index (χ1n) is 6.82. The van der Waals surface area contributed by atoms with Crippen LogP contribution >= 0.6 is 0 Å². The van der Waals surface area contributed by atoms with E-state index in [4.69, 9.17) is 5.11 Å². The molecule has 1 rings (SSSR count). The van der Waals surface area contributed by atoms with Gasteiger partial charge in [0.05, 0.1) is 6.54 Å². The third kappa shape index (κ3) is 5.04. The summed E-state index contributed by atoms with van der Waals surface area (Å²) in [5.41, 5.74) is 0. The fraction of sp³-hybridized carbons (Fsp3) is 0.923. The van der Waals surface area contributed by atoms with E-state index in [1.54, 1.807) is 0 Å². The van der Waals surface area contributed by atoms with Gasteiger partial charge in [0.1, 0.15) is 0 Å². The molecule has 0 atom stereocenters. The summed E-state index contributed by atoms with van der Waals surface area (Å²) in [6.07, 6.45) is 4.09. The summed E-state index contributed by atoms with van der Waals surface area (Å²) >= 11 is 0. The summed E-state index contributed by atoms with van der Waals surface area (Å²) in [7, 11) is 0. The molecule has 1 saturated carbocycles. The van der Waals surface area contributed by atoms with Crippen molar-refractivity contribution in [3.63, 3.8) is 0 Å². The maximum Gasteiger partial charge on any atom is 0.234 e. The second kappa shape index (κ2) is 7.67. The molecule has 0 heterocycles. The Balaban J connectivity index is 2.23. The quantitative estimate of drug-likeness (QED) is 0.730. The van der Waals surface area contributed by atoms with E-state index in [-0.39, 0.29) is 5.91 Å². The number of rotatable bonds is 6. The van der Waals surface area contributed by atoms with Crippen molar-refractivity contribution in [1.29, 1.82) is 0 Å². The highest BCUT2D eigenvalue weighted by molar-refractivity contribution is 5.78. The van der Waals surface area contributed by atoms with Crippen molar-refractivity contribution in [2.24, 2.45) is 5.92 Å². The lowest BCUT2D eigenvalue weighted by Crippen LogP contribution is -2.43. The molecular formula is C13H26N2O2. The molecule has 1 aliphatic carbocycles. The molecule has 17 heavy (non-hydrogen) atoms. The van der Waals surface area contributed by atoms with Crippen LogP contribution in [0.5, 0.6) is 0 Å². The van der Waals surface area contributed by atoms with Crippen molar-refractivity contribution in [2.45, 2.75) is 45.6 Å². The SMILES string of the molecule is CCN(CC)CC(=O)NC1CCC(CO)CC1. The van der Waals surface area contributed by atoms with Crippen molar-refractivity contribution in [2.75, 3.05) is 26.2 Å². The Morgan fingerprint density at radius 2 is 1.82 bits per heavy atom. The third-order valence-corrected chi connectivity index (χ3v) is 3.73. The molecule has 4 nitrogen and oxygen atoms in total. The molecule has 0 saturated heterocycles. The number of hydrogen-bond acceptors (Lipinski definition) is 3. The highest BCUT2D eigenvalue weighted by atomic mass is 16.3. The van der Waals surface area contributed by atoms with E-state index >= 15 is 0 Å². The van der Waals surface area contributed by atoms with Crippen molar-refractivity contribution >= 4 is 5.91 Å². The first-order chi connectivity index (χ1) is 8.19. The molecule has 1 fully saturated rings. The lowest BCUT2D eigenvalue weighted by Gasteiger charge is -2.28. The first-order valence-corrected chi connectivity index (χ1v) is 6.82. The van der Waals surface area contributed by atoms with Gasteiger partial charge in [0.15, 0.2) is 0 Å². The van der Waals surface area contributed by atoms with Gasteiger partial charge in [-0.05, 0) is 44.7 Å². The fourth-order valence-electron chi connectivity index (χ4n) is 2.41. The normalized spacial score (nSPS) is 24.9. The molecule has 0 aromatic carbocycles. The Morgan fingerprint density at radius 3 is 2.29 bits per heavy atom. The lowest BCUT2D eigenvalue weighted by atomic mass is 9.86. The zero-order valence-corrected chi connectivity index (χ0v) is 11.1. The van der Waals surface area contributed by atoms with Crippen LogP contribution in [0.25, 0.3) is 0 Å². The van der Waals surface area contributed by atoms with Gasteiger partial charge >= 0.3 is 0 Å². The molecule has 1 amide bonds. The minimum Gasteiger partial charge on any atom is -0.396 e. The Morgan fingerprint density at radius 1 is 1.24 bits per heavy atom. The predicted molar refractivity (Wildman–Crippen MR) is 68.8 cm³/mol. The van der Waals surface area contributed by atoms with Crippen LogP contribution in [0.4, 0.5) is 0 Å². The van der Waals surface area contributed by atoms with Crippen LogP contribution in [-0.4, -0.2) is 48.2 Å². The minimum atomic E-state index is 0.140. The van der Waals surface area contributed by atoms with Crippen molar-refractivity contribution in [3.05, 3.63) is 0 Å². The van der Waals surface area contributed by atoms with Crippen LogP contribution in [0, 0.1) is 5.92 Å². The molecule has 0 spiro atoms. The Hall–Kier alpha value is -0.610. The minimum absolute atomic E-state index is 0.140. The molecule has 0 radical (unpaired) electrons. The first kappa shape index (κ1) is 14.5. The summed E-state index contributed by atoms with van der Waals surface area (Å²) in [5, 5.41) is 12.1. The Kier molecular flexibility index (Phi) is 6.52. The standard InChI is InChI=1S/C13H26N2O2/c1-3-15(4-2)9-13(17)14-12-7-5-11(10-16)6-8-12/h11-12,16H,3-10H2,1-2H3,(H,14,17). The van der Waals surface area contributed by atoms with Gasteiger partial charge in [0.2, 0.25) is 5.91 Å². The van der Waals surface area contributed by atoms with Gasteiger partial charge in [0.25, 0.3) is 0 Å². The second-order valence-electron chi connectivity index (χ2n) is 4.93. The summed E-state index contributed by atoms with van der Waals surface area (Å²) in [6.45, 7) is 6.78. The average molecular weight is 242 g/mol. The number of aliphatic hydroxyl groups excluding tert-OH is 1. The van der Waals surface area contributed by atoms with E-state index in [1.165, 1.54) is 0 Å². The van der Waals surface area contributed by atoms with Crippen molar-refractivity contribution in [1.82, 2.24) is 10.2 Å². The van der Waals surface area contributed by atoms with Gasteiger partial charge < -0.3 is 10.4 Å². The fourth-order valence-corrected chi connectivity index (χ4v) is 2.41. The molecule has 0 aromatic rings. The summed E-state index contributed by atoms with van der Waals surface area (Å²) in [6, 6.07) is 0.320. The van der Waals surface area contributed by atoms with E-state index in [9.17, 15) is 4.79 Å². The number of likely N-dealkylation sites (N-methyl/N-ethyl adjacent to an activating group) is 1. The number of carbonyl (C=O) groups is 1. The van der Waals surface area contributed by atoms with E-state index in [1.807, 2.05) is 0 Å². The molecule has 4 heteroatoms. The van der Waals surface area contributed by atoms with Gasteiger partial charge in [-0.1, -0.05) is 13.8 Å². The molecule has 1 aliphatic rings. The molecular weight excluding hydrogens is 216 g/mol. The number of nitrogens with one attached hydrogen (secondary N) is 1. The van der Waals surface area contributed by atoms with Crippen molar-refractivity contribution in [3.8, 4) is 0 Å². The van der Waals surface area contributed by atoms with Gasteiger partial charge in [-0.15, -0.1) is 0 Å². The molecule has 100 valence electrons. The van der Waals surface area contributed by atoms with E-state index in [0.717, 1.165) is 38.8 Å². The van der Waals surface area contributed by atoms with Crippen LogP contribution in [0.15, 0.2) is 0 Å². The van der Waals surface area contributed by atoms with Crippen LogP contribution in [0.3, 0.4) is 0 Å². The van der Waals surface area contributed by atoms with Gasteiger partial charge in [0, 0.05) is 12.6 Å². The molecule has 0 aromatic heterocycles. The monoisotopic (exact) mass is 242 g/mol. The van der Waals surface area contributed by atoms with Gasteiger partial charge in [-0.3, -0.25) is 9.69 Å². The number of nitrogens with zero attached hydrogens (tertiary/aromatic N) is 1. The van der Waals surface area contributed by atoms with E-state index in [2.05, 4.69) is 24.1 Å². The predicted octanol–water partition coefficient (Wildman–Crippen LogP) is 0.995. The topological polar surface area (TPSA) is 52.6 Å². The van der Waals surface area contributed by atoms with E-state index in [0.29, 0.717) is 25.1 Å². The second-order valence-corrected chi connectivity index (χ2v) is 4.93. The Labute approximate surface area is 104 Å². The van der Waals surface area contributed by atoms with Crippen molar-refractivity contribution < 1.29 is 9.90 Å². The molecule has 0 aliphatic heterocycles. The highest BCUT2D eigenvalue weighted by Crippen LogP contribution is 2.23. The maximum absolute atomic E-state index is 11.8. The highest BCUT2D eigenvalue weighted by Gasteiger charge is 2.22. The van der Waals surface area contributed by atoms with Gasteiger partial charge in [-0.25, -0.2) is 0 Å². The molecule has 0 bridgehead atoms. The van der Waals surface area contributed by atoms with Crippen LogP contribution in [-0.2, 0) is 4.79 Å². The smallest absolute Gasteiger partial charge is 0.234 e. The zero-order chi connectivity index (χ0) is 12.7. The number of amides is 1. The Bertz CT molecular complexity index is 221. The zero-order valence-electron chi connectivity index (χ0n) is 11.1. The van der Waals surface area contributed by atoms with Crippen LogP contribution < -0.4 is 5.32 Å². The number of carbonyl (C=O) groups excluding carboxylic acids is 1. The molecule has 0 unspecified atom stereocenters. The van der Waals surface area contributed by atoms with Crippen LogP contribution in [0.1, 0.15) is 39.5 Å². The number of hydrogen-bond donors (Lipinski definition) is 2. The molecule has 2 N–H and O–H groups in total. The van der Waals surface area contributed by atoms with Gasteiger partial charge in [-0.2, -0.15) is 0 Å². The number of aliphatic hydroxyl groups is 1. The van der Waals surface area contributed by atoms with E-state index < -0.39 is 0 Å². The van der Waals surface area contributed by atoms with Crippen LogP contribution in [0.2, 0.25) is 0 Å². The average Bonchev–Trinajstić information content (AvgIpc) is 2.37.